The van der Waals surface area contributed by atoms with Crippen LogP contribution in [0, 0.1) is 5.92 Å². The number of ether oxygens (including phenoxy) is 5. The van der Waals surface area contributed by atoms with E-state index in [1.807, 2.05) is 45.9 Å². The van der Waals surface area contributed by atoms with Crippen LogP contribution in [0.2, 0.25) is 0 Å². The number of rotatable bonds is 6. The van der Waals surface area contributed by atoms with Gasteiger partial charge in [0.15, 0.2) is 24.0 Å². The van der Waals surface area contributed by atoms with Crippen LogP contribution in [0.1, 0.15) is 53.8 Å². The summed E-state index contributed by atoms with van der Waals surface area (Å²) in [5.41, 5.74) is 1.98. The van der Waals surface area contributed by atoms with Crippen molar-refractivity contribution < 1.29 is 28.5 Å². The van der Waals surface area contributed by atoms with Crippen LogP contribution in [0.5, 0.6) is 0 Å². The summed E-state index contributed by atoms with van der Waals surface area (Å²) in [5, 5.41) is 3.02. The van der Waals surface area contributed by atoms with Crippen molar-refractivity contribution in [2.24, 2.45) is 5.92 Å². The Morgan fingerprint density at radius 3 is 2.47 bits per heavy atom. The predicted octanol–water partition coefficient (Wildman–Crippen LogP) is 3.10. The fourth-order valence-corrected chi connectivity index (χ4v) is 4.99. The molecule has 0 saturated carbocycles. The Morgan fingerprint density at radius 1 is 1.03 bits per heavy atom. The van der Waals surface area contributed by atoms with Crippen LogP contribution < -0.4 is 5.32 Å². The van der Waals surface area contributed by atoms with Gasteiger partial charge in [-0.15, -0.1) is 0 Å². The molecular weight excluding hydrogens is 438 g/mol. The van der Waals surface area contributed by atoms with Crippen molar-refractivity contribution in [1.82, 2.24) is 14.9 Å². The summed E-state index contributed by atoms with van der Waals surface area (Å²) in [4.78, 5) is 18.1. The standard InChI is InChI=1S/C25H35N3O6/c1-14(2)11-12-28-16-10-8-7-9-15(16)27-17(28)13-26-22(29)20-18-19(32-24(3,4)31-18)21-23(30-20)34-25(5,6)33-21/h7-10,14,18-21,23H,11-13H2,1-6H3,(H,26,29). The van der Waals surface area contributed by atoms with Crippen molar-refractivity contribution in [2.45, 2.75) is 103 Å². The molecule has 5 rings (SSSR count). The van der Waals surface area contributed by atoms with Crippen LogP contribution in [0.3, 0.4) is 0 Å². The number of imidazole rings is 1. The highest BCUT2D eigenvalue weighted by molar-refractivity contribution is 5.82. The number of hydrogen-bond donors (Lipinski definition) is 1. The van der Waals surface area contributed by atoms with Crippen molar-refractivity contribution >= 4 is 16.9 Å². The summed E-state index contributed by atoms with van der Waals surface area (Å²) in [6.07, 6.45) is -2.12. The molecule has 34 heavy (non-hydrogen) atoms. The molecule has 9 nitrogen and oxygen atoms in total. The Kier molecular flexibility index (Phi) is 5.97. The number of fused-ring (bicyclic) bond motifs is 4. The molecule has 0 radical (unpaired) electrons. The molecule has 3 aliphatic heterocycles. The molecule has 3 saturated heterocycles. The Morgan fingerprint density at radius 2 is 1.71 bits per heavy atom. The van der Waals surface area contributed by atoms with Gasteiger partial charge in [-0.2, -0.15) is 0 Å². The third-order valence-corrected chi connectivity index (χ3v) is 6.50. The molecule has 3 aliphatic rings. The molecule has 1 aromatic carbocycles. The minimum absolute atomic E-state index is 0.282. The molecule has 0 spiro atoms. The summed E-state index contributed by atoms with van der Waals surface area (Å²) in [6.45, 7) is 12.8. The summed E-state index contributed by atoms with van der Waals surface area (Å²) in [7, 11) is 0. The first kappa shape index (κ1) is 23.7. The van der Waals surface area contributed by atoms with Gasteiger partial charge in [0.05, 0.1) is 17.6 Å². The second kappa shape index (κ2) is 8.57. The third-order valence-electron chi connectivity index (χ3n) is 6.50. The number of aryl methyl sites for hydroxylation is 1. The Labute approximate surface area is 200 Å². The molecular formula is C25H35N3O6. The summed E-state index contributed by atoms with van der Waals surface area (Å²) in [5.74, 6) is -0.600. The van der Waals surface area contributed by atoms with Gasteiger partial charge in [-0.05, 0) is 52.2 Å². The van der Waals surface area contributed by atoms with E-state index in [9.17, 15) is 4.79 Å². The average Bonchev–Trinajstić information content (AvgIpc) is 3.38. The van der Waals surface area contributed by atoms with E-state index >= 15 is 0 Å². The van der Waals surface area contributed by atoms with Gasteiger partial charge >= 0.3 is 0 Å². The quantitative estimate of drug-likeness (QED) is 0.689. The van der Waals surface area contributed by atoms with Crippen molar-refractivity contribution in [1.29, 1.82) is 0 Å². The van der Waals surface area contributed by atoms with Crippen LogP contribution in [-0.4, -0.2) is 57.7 Å². The van der Waals surface area contributed by atoms with Gasteiger partial charge in [0.25, 0.3) is 5.91 Å². The van der Waals surface area contributed by atoms with Crippen LogP contribution in [0.25, 0.3) is 11.0 Å². The number of nitrogens with one attached hydrogen (secondary N) is 1. The first-order valence-electron chi connectivity index (χ1n) is 12.1. The topological polar surface area (TPSA) is 93.1 Å². The number of carbonyl (C=O) groups excluding carboxylic acids is 1. The molecule has 0 aliphatic carbocycles. The van der Waals surface area contributed by atoms with Gasteiger partial charge in [-0.25, -0.2) is 4.98 Å². The van der Waals surface area contributed by atoms with Crippen molar-refractivity contribution in [3.63, 3.8) is 0 Å². The number of benzene rings is 1. The van der Waals surface area contributed by atoms with E-state index in [1.165, 1.54) is 0 Å². The number of amides is 1. The molecule has 0 bridgehead atoms. The highest BCUT2D eigenvalue weighted by Gasteiger charge is 2.62. The van der Waals surface area contributed by atoms with Gasteiger partial charge in [-0.3, -0.25) is 4.79 Å². The zero-order valence-electron chi connectivity index (χ0n) is 20.7. The monoisotopic (exact) mass is 473 g/mol. The first-order chi connectivity index (χ1) is 16.0. The number of para-hydroxylation sites is 2. The lowest BCUT2D eigenvalue weighted by molar-refractivity contribution is -0.231. The minimum Gasteiger partial charge on any atom is -0.347 e. The Bertz CT molecular complexity index is 1060. The molecule has 5 atom stereocenters. The molecule has 1 aromatic heterocycles. The van der Waals surface area contributed by atoms with Gasteiger partial charge in [-0.1, -0.05) is 26.0 Å². The molecule has 2 aromatic rings. The van der Waals surface area contributed by atoms with E-state index in [2.05, 4.69) is 29.8 Å². The highest BCUT2D eigenvalue weighted by Crippen LogP contribution is 2.44. The van der Waals surface area contributed by atoms with E-state index in [4.69, 9.17) is 28.7 Å². The lowest BCUT2D eigenvalue weighted by Crippen LogP contribution is -2.59. The summed E-state index contributed by atoms with van der Waals surface area (Å²) >= 11 is 0. The SMILES string of the molecule is CC(C)CCn1c(CNC(=O)C2OC3OC(C)(C)OC3C3OC(C)(C)OC23)nc2ccccc21. The molecule has 1 amide bonds. The molecule has 3 fully saturated rings. The van der Waals surface area contributed by atoms with Crippen molar-refractivity contribution in [2.75, 3.05) is 0 Å². The highest BCUT2D eigenvalue weighted by atomic mass is 16.9. The first-order valence-corrected chi connectivity index (χ1v) is 12.1. The summed E-state index contributed by atoms with van der Waals surface area (Å²) in [6, 6.07) is 8.04. The van der Waals surface area contributed by atoms with E-state index in [0.29, 0.717) is 5.92 Å². The zero-order chi connectivity index (χ0) is 24.3. The largest absolute Gasteiger partial charge is 0.347 e. The summed E-state index contributed by atoms with van der Waals surface area (Å²) < 4.78 is 32.4. The van der Waals surface area contributed by atoms with E-state index < -0.39 is 42.3 Å². The molecule has 186 valence electrons. The maximum absolute atomic E-state index is 13.4. The number of carbonyl (C=O) groups is 1. The van der Waals surface area contributed by atoms with Crippen molar-refractivity contribution in [3.8, 4) is 0 Å². The average molecular weight is 474 g/mol. The van der Waals surface area contributed by atoms with Crippen LogP contribution in [-0.2, 0) is 41.6 Å². The Balaban J connectivity index is 1.34. The normalized spacial score (nSPS) is 31.6. The minimum atomic E-state index is -0.890. The van der Waals surface area contributed by atoms with E-state index in [-0.39, 0.29) is 12.5 Å². The predicted molar refractivity (Wildman–Crippen MR) is 124 cm³/mol. The molecule has 5 unspecified atom stereocenters. The second-order valence-corrected chi connectivity index (χ2v) is 10.7. The van der Waals surface area contributed by atoms with Crippen molar-refractivity contribution in [3.05, 3.63) is 30.1 Å². The number of aromatic nitrogens is 2. The molecule has 9 heteroatoms. The maximum Gasteiger partial charge on any atom is 0.252 e. The fourth-order valence-electron chi connectivity index (χ4n) is 4.99. The van der Waals surface area contributed by atoms with Crippen LogP contribution >= 0.6 is 0 Å². The van der Waals surface area contributed by atoms with E-state index in [0.717, 1.165) is 29.8 Å². The molecule has 4 heterocycles. The molecule has 1 N–H and O–H groups in total. The second-order valence-electron chi connectivity index (χ2n) is 10.7. The maximum atomic E-state index is 13.4. The van der Waals surface area contributed by atoms with Crippen LogP contribution in [0.4, 0.5) is 0 Å². The Hall–Kier alpha value is -2.04. The lowest BCUT2D eigenvalue weighted by atomic mass is 9.98. The number of nitrogens with zero attached hydrogens (tertiary/aromatic N) is 2. The smallest absolute Gasteiger partial charge is 0.252 e. The third kappa shape index (κ3) is 4.47. The number of hydrogen-bond acceptors (Lipinski definition) is 7. The van der Waals surface area contributed by atoms with Gasteiger partial charge in [0.2, 0.25) is 0 Å². The van der Waals surface area contributed by atoms with Gasteiger partial charge in [0.1, 0.15) is 24.1 Å². The van der Waals surface area contributed by atoms with Crippen LogP contribution in [0.15, 0.2) is 24.3 Å². The fraction of sp³-hybridized carbons (Fsp3) is 0.680. The zero-order valence-corrected chi connectivity index (χ0v) is 20.7. The van der Waals surface area contributed by atoms with Gasteiger partial charge < -0.3 is 33.6 Å². The lowest BCUT2D eigenvalue weighted by Gasteiger charge is -2.36. The van der Waals surface area contributed by atoms with Gasteiger partial charge in [0, 0.05) is 6.54 Å². The van der Waals surface area contributed by atoms with E-state index in [1.54, 1.807) is 0 Å².